The lowest BCUT2D eigenvalue weighted by Crippen LogP contribution is -2.41. The number of hydrogen-bond acceptors (Lipinski definition) is 3. The molecule has 0 aromatic carbocycles. The molecule has 1 aliphatic rings. The van der Waals surface area contributed by atoms with Gasteiger partial charge in [0.2, 0.25) is 0 Å². The van der Waals surface area contributed by atoms with E-state index >= 15 is 0 Å². The Labute approximate surface area is 124 Å². The van der Waals surface area contributed by atoms with Gasteiger partial charge in [-0.3, -0.25) is 0 Å². The first-order chi connectivity index (χ1) is 9.80. The third kappa shape index (κ3) is 3.58. The van der Waals surface area contributed by atoms with Crippen LogP contribution in [0.15, 0.2) is 12.3 Å². The topological polar surface area (TPSA) is 53.4 Å². The van der Waals surface area contributed by atoms with Crippen molar-refractivity contribution in [3.63, 3.8) is 0 Å². The largest absolute Gasteiger partial charge is 0.480 e. The quantitative estimate of drug-likeness (QED) is 0.904. The van der Waals surface area contributed by atoms with Crippen molar-refractivity contribution < 1.29 is 23.1 Å². The first kappa shape index (κ1) is 15.9. The van der Waals surface area contributed by atoms with Crippen molar-refractivity contribution in [2.24, 2.45) is 0 Å². The summed E-state index contributed by atoms with van der Waals surface area (Å²) in [7, 11) is 0. The average Bonchev–Trinajstić information content (AvgIpc) is 2.63. The number of nitrogens with zero attached hydrogens (tertiary/aromatic N) is 2. The molecule has 116 valence electrons. The molecule has 8 heteroatoms. The highest BCUT2D eigenvalue weighted by Gasteiger charge is 2.34. The van der Waals surface area contributed by atoms with E-state index in [0.717, 1.165) is 25.3 Å². The summed E-state index contributed by atoms with van der Waals surface area (Å²) in [5, 5.41) is 9.09. The molecule has 1 N–H and O–H groups in total. The summed E-state index contributed by atoms with van der Waals surface area (Å²) >= 11 is 5.89. The summed E-state index contributed by atoms with van der Waals surface area (Å²) < 4.78 is 37.8. The fourth-order valence-electron chi connectivity index (χ4n) is 2.42. The predicted molar refractivity (Wildman–Crippen MR) is 71.5 cm³/mol. The second-order valence-corrected chi connectivity index (χ2v) is 5.33. The molecule has 21 heavy (non-hydrogen) atoms. The van der Waals surface area contributed by atoms with Gasteiger partial charge in [-0.05, 0) is 18.9 Å². The lowest BCUT2D eigenvalue weighted by Gasteiger charge is -2.28. The Hall–Kier alpha value is -1.50. The van der Waals surface area contributed by atoms with Gasteiger partial charge in [0.25, 0.3) is 0 Å². The molecule has 1 aliphatic heterocycles. The predicted octanol–water partition coefficient (Wildman–Crippen LogP) is 3.59. The van der Waals surface area contributed by atoms with Crippen LogP contribution in [-0.2, 0) is 11.0 Å². The zero-order valence-electron chi connectivity index (χ0n) is 11.0. The Bertz CT molecular complexity index is 537. The van der Waals surface area contributed by atoms with Crippen molar-refractivity contribution >= 4 is 23.4 Å². The maximum absolute atomic E-state index is 12.6. The van der Waals surface area contributed by atoms with Crippen LogP contribution in [-0.4, -0.2) is 28.6 Å². The number of pyridine rings is 1. The molecule has 1 saturated heterocycles. The van der Waals surface area contributed by atoms with Crippen LogP contribution in [0.5, 0.6) is 0 Å². The molecule has 4 nitrogen and oxygen atoms in total. The van der Waals surface area contributed by atoms with Crippen LogP contribution >= 0.6 is 11.6 Å². The van der Waals surface area contributed by atoms with Gasteiger partial charge in [0, 0.05) is 12.7 Å². The summed E-state index contributed by atoms with van der Waals surface area (Å²) in [6, 6.07) is -0.0255. The summed E-state index contributed by atoms with van der Waals surface area (Å²) in [6.07, 6.45) is -1.04. The number of carbonyl (C=O) groups is 1. The standard InChI is InChI=1S/C13H14ClF3N2O2/c14-9-6-8(13(15,16)17)7-18-11(9)19-5-3-1-2-4-10(19)12(20)21/h6-7,10H,1-5H2,(H,20,21). The highest BCUT2D eigenvalue weighted by Crippen LogP contribution is 2.35. The summed E-state index contributed by atoms with van der Waals surface area (Å²) in [6.45, 7) is 0.412. The number of hydrogen-bond donors (Lipinski definition) is 1. The van der Waals surface area contributed by atoms with Crippen LogP contribution in [0, 0.1) is 0 Å². The van der Waals surface area contributed by atoms with Gasteiger partial charge < -0.3 is 10.0 Å². The zero-order chi connectivity index (χ0) is 15.6. The number of anilines is 1. The van der Waals surface area contributed by atoms with E-state index in [1.165, 1.54) is 4.90 Å². The molecule has 1 fully saturated rings. The van der Waals surface area contributed by atoms with Crippen LogP contribution in [0.1, 0.15) is 31.2 Å². The molecule has 0 radical (unpaired) electrons. The van der Waals surface area contributed by atoms with Crippen LogP contribution in [0.25, 0.3) is 0 Å². The maximum atomic E-state index is 12.6. The van der Waals surface area contributed by atoms with Crippen LogP contribution in [0.2, 0.25) is 5.02 Å². The van der Waals surface area contributed by atoms with Crippen molar-refractivity contribution in [2.75, 3.05) is 11.4 Å². The summed E-state index contributed by atoms with van der Waals surface area (Å²) in [4.78, 5) is 16.6. The Morgan fingerprint density at radius 1 is 1.38 bits per heavy atom. The Kier molecular flexibility index (Phi) is 4.61. The second kappa shape index (κ2) is 6.09. The molecule has 2 heterocycles. The van der Waals surface area contributed by atoms with E-state index in [1.807, 2.05) is 0 Å². The molecule has 0 bridgehead atoms. The molecule has 0 spiro atoms. The molecular formula is C13H14ClF3N2O2. The minimum absolute atomic E-state index is 0.0963. The Morgan fingerprint density at radius 3 is 2.67 bits per heavy atom. The molecule has 2 rings (SSSR count). The van der Waals surface area contributed by atoms with E-state index in [1.54, 1.807) is 0 Å². The van der Waals surface area contributed by atoms with Gasteiger partial charge in [0.1, 0.15) is 11.9 Å². The molecule has 0 aliphatic carbocycles. The third-order valence-corrected chi connectivity index (χ3v) is 3.74. The van der Waals surface area contributed by atoms with Gasteiger partial charge >= 0.3 is 12.1 Å². The fraction of sp³-hybridized carbons (Fsp3) is 0.538. The molecule has 1 aromatic heterocycles. The highest BCUT2D eigenvalue weighted by atomic mass is 35.5. The van der Waals surface area contributed by atoms with E-state index in [4.69, 9.17) is 11.6 Å². The van der Waals surface area contributed by atoms with Crippen molar-refractivity contribution in [1.82, 2.24) is 4.98 Å². The number of carboxylic acid groups (broad SMARTS) is 1. The van der Waals surface area contributed by atoms with Gasteiger partial charge in [-0.15, -0.1) is 0 Å². The Balaban J connectivity index is 2.36. The van der Waals surface area contributed by atoms with Crippen molar-refractivity contribution in [1.29, 1.82) is 0 Å². The van der Waals surface area contributed by atoms with Gasteiger partial charge in [-0.2, -0.15) is 13.2 Å². The first-order valence-corrected chi connectivity index (χ1v) is 6.90. The van der Waals surface area contributed by atoms with Gasteiger partial charge in [-0.1, -0.05) is 24.4 Å². The third-order valence-electron chi connectivity index (χ3n) is 3.46. The summed E-state index contributed by atoms with van der Waals surface area (Å²) in [5.41, 5.74) is -0.946. The van der Waals surface area contributed by atoms with Crippen LogP contribution < -0.4 is 4.90 Å². The molecule has 0 amide bonds. The highest BCUT2D eigenvalue weighted by molar-refractivity contribution is 6.33. The lowest BCUT2D eigenvalue weighted by molar-refractivity contribution is -0.139. The molecule has 1 unspecified atom stereocenters. The Morgan fingerprint density at radius 2 is 2.10 bits per heavy atom. The number of carboxylic acids is 1. The van der Waals surface area contributed by atoms with E-state index in [2.05, 4.69) is 4.98 Å². The molecule has 1 atom stereocenters. The smallest absolute Gasteiger partial charge is 0.417 e. The first-order valence-electron chi connectivity index (χ1n) is 6.53. The fourth-order valence-corrected chi connectivity index (χ4v) is 2.69. The monoisotopic (exact) mass is 322 g/mol. The zero-order valence-corrected chi connectivity index (χ0v) is 11.8. The maximum Gasteiger partial charge on any atom is 0.417 e. The van der Waals surface area contributed by atoms with Gasteiger partial charge in [-0.25, -0.2) is 9.78 Å². The number of halogens is 4. The number of aromatic nitrogens is 1. The minimum atomic E-state index is -4.53. The van der Waals surface area contributed by atoms with Crippen LogP contribution in [0.4, 0.5) is 19.0 Å². The number of rotatable bonds is 2. The minimum Gasteiger partial charge on any atom is -0.480 e. The average molecular weight is 323 g/mol. The van der Waals surface area contributed by atoms with Gasteiger partial charge in [0.15, 0.2) is 0 Å². The van der Waals surface area contributed by atoms with Crippen LogP contribution in [0.3, 0.4) is 0 Å². The molecule has 1 aromatic rings. The molecular weight excluding hydrogens is 309 g/mol. The van der Waals surface area contributed by atoms with Crippen molar-refractivity contribution in [3.8, 4) is 0 Å². The normalized spacial score (nSPS) is 20.2. The van der Waals surface area contributed by atoms with Crippen molar-refractivity contribution in [2.45, 2.75) is 37.9 Å². The van der Waals surface area contributed by atoms with E-state index < -0.39 is 23.8 Å². The van der Waals surface area contributed by atoms with E-state index in [-0.39, 0.29) is 10.8 Å². The second-order valence-electron chi connectivity index (χ2n) is 4.92. The molecule has 0 saturated carbocycles. The number of alkyl halides is 3. The van der Waals surface area contributed by atoms with E-state index in [9.17, 15) is 23.1 Å². The lowest BCUT2D eigenvalue weighted by atomic mass is 10.1. The van der Waals surface area contributed by atoms with E-state index in [0.29, 0.717) is 19.2 Å². The number of aliphatic carboxylic acids is 1. The SMILES string of the molecule is O=C(O)C1CCCCCN1c1ncc(C(F)(F)F)cc1Cl. The summed E-state index contributed by atoms with van der Waals surface area (Å²) in [5.74, 6) is -0.923. The van der Waals surface area contributed by atoms with Gasteiger partial charge in [0.05, 0.1) is 10.6 Å². The van der Waals surface area contributed by atoms with Crippen molar-refractivity contribution in [3.05, 3.63) is 22.8 Å².